The molecule has 18 heavy (non-hydrogen) atoms. The Morgan fingerprint density at radius 3 is 2.67 bits per heavy atom. The van der Waals surface area contributed by atoms with Crippen molar-refractivity contribution >= 4 is 5.97 Å². The average Bonchev–Trinajstić information content (AvgIpc) is 2.89. The van der Waals surface area contributed by atoms with E-state index in [9.17, 15) is 9.90 Å². The van der Waals surface area contributed by atoms with Gasteiger partial charge in [-0.2, -0.15) is 0 Å². The summed E-state index contributed by atoms with van der Waals surface area (Å²) in [5.41, 5.74) is 3.07. The van der Waals surface area contributed by atoms with E-state index in [0.717, 1.165) is 24.9 Å². The van der Waals surface area contributed by atoms with Crippen molar-refractivity contribution in [2.75, 3.05) is 13.1 Å². The zero-order valence-electron chi connectivity index (χ0n) is 10.5. The summed E-state index contributed by atoms with van der Waals surface area (Å²) in [6.07, 6.45) is 5.44. The molecule has 0 radical (unpaired) electrons. The molecule has 1 atom stereocenters. The molecular formula is C15H19NO2. The van der Waals surface area contributed by atoms with Crippen molar-refractivity contribution in [2.24, 2.45) is 0 Å². The fourth-order valence-electron chi connectivity index (χ4n) is 3.28. The van der Waals surface area contributed by atoms with Crippen LogP contribution in [0.4, 0.5) is 0 Å². The highest BCUT2D eigenvalue weighted by atomic mass is 16.4. The lowest BCUT2D eigenvalue weighted by Crippen LogP contribution is -2.38. The molecule has 3 heteroatoms. The van der Waals surface area contributed by atoms with E-state index in [1.165, 1.54) is 24.0 Å². The number of carboxylic acid groups (broad SMARTS) is 1. The number of hydrogen-bond acceptors (Lipinski definition) is 2. The summed E-state index contributed by atoms with van der Waals surface area (Å²) in [6.45, 7) is 1.35. The van der Waals surface area contributed by atoms with Crippen LogP contribution >= 0.6 is 0 Å². The van der Waals surface area contributed by atoms with Gasteiger partial charge in [-0.15, -0.1) is 0 Å². The van der Waals surface area contributed by atoms with Gasteiger partial charge in [0.2, 0.25) is 0 Å². The van der Waals surface area contributed by atoms with Crippen LogP contribution in [0.2, 0.25) is 0 Å². The van der Waals surface area contributed by atoms with E-state index in [1.54, 1.807) is 0 Å². The normalized spacial score (nSPS) is 26.9. The fraction of sp³-hybridized carbons (Fsp3) is 0.533. The van der Waals surface area contributed by atoms with E-state index in [-0.39, 0.29) is 0 Å². The van der Waals surface area contributed by atoms with E-state index in [2.05, 4.69) is 17.4 Å². The van der Waals surface area contributed by atoms with Crippen LogP contribution in [0.3, 0.4) is 0 Å². The van der Waals surface area contributed by atoms with Crippen LogP contribution in [0.25, 0.3) is 0 Å². The number of hydrogen-bond donors (Lipinski definition) is 2. The molecule has 2 N–H and O–H groups in total. The number of benzene rings is 1. The van der Waals surface area contributed by atoms with Crippen molar-refractivity contribution in [3.63, 3.8) is 0 Å². The van der Waals surface area contributed by atoms with Crippen molar-refractivity contribution in [1.82, 2.24) is 5.32 Å². The van der Waals surface area contributed by atoms with Crippen LogP contribution in [0.5, 0.6) is 0 Å². The van der Waals surface area contributed by atoms with Gasteiger partial charge in [-0.05, 0) is 55.3 Å². The van der Waals surface area contributed by atoms with Crippen LogP contribution < -0.4 is 5.32 Å². The third-order valence-electron chi connectivity index (χ3n) is 4.47. The number of nitrogens with one attached hydrogen (secondary N) is 1. The predicted octanol–water partition coefficient (Wildman–Crippen LogP) is 1.88. The van der Waals surface area contributed by atoms with Crippen LogP contribution in [0, 0.1) is 0 Å². The maximum absolute atomic E-state index is 11.7. The fourth-order valence-corrected chi connectivity index (χ4v) is 3.28. The zero-order valence-corrected chi connectivity index (χ0v) is 10.5. The first kappa shape index (κ1) is 11.7. The molecule has 2 aliphatic rings. The number of fused-ring (bicyclic) bond motifs is 1. The van der Waals surface area contributed by atoms with Crippen molar-refractivity contribution in [1.29, 1.82) is 0 Å². The van der Waals surface area contributed by atoms with Crippen LogP contribution in [-0.2, 0) is 23.1 Å². The van der Waals surface area contributed by atoms with Crippen LogP contribution in [-0.4, -0.2) is 24.2 Å². The lowest BCUT2D eigenvalue weighted by Gasteiger charge is -2.26. The first-order chi connectivity index (χ1) is 8.72. The summed E-state index contributed by atoms with van der Waals surface area (Å²) in [4.78, 5) is 11.7. The minimum Gasteiger partial charge on any atom is -0.481 e. The van der Waals surface area contributed by atoms with Gasteiger partial charge in [0.25, 0.3) is 0 Å². The molecule has 1 unspecified atom stereocenters. The SMILES string of the molecule is O=C(O)C1(c2ccc3c(c2)CCCC3)CCNC1. The van der Waals surface area contributed by atoms with E-state index in [0.29, 0.717) is 13.0 Å². The number of rotatable bonds is 2. The lowest BCUT2D eigenvalue weighted by atomic mass is 9.77. The molecule has 3 nitrogen and oxygen atoms in total. The van der Waals surface area contributed by atoms with Gasteiger partial charge in [0, 0.05) is 6.54 Å². The molecule has 1 saturated heterocycles. The van der Waals surface area contributed by atoms with E-state index in [1.807, 2.05) is 6.07 Å². The number of aliphatic carboxylic acids is 1. The Morgan fingerprint density at radius 2 is 2.00 bits per heavy atom. The molecule has 0 saturated carbocycles. The van der Waals surface area contributed by atoms with Gasteiger partial charge in [-0.3, -0.25) is 4.79 Å². The van der Waals surface area contributed by atoms with Gasteiger partial charge in [-0.25, -0.2) is 0 Å². The Bertz CT molecular complexity index is 475. The third-order valence-corrected chi connectivity index (χ3v) is 4.47. The molecule has 1 aliphatic carbocycles. The topological polar surface area (TPSA) is 49.3 Å². The summed E-state index contributed by atoms with van der Waals surface area (Å²) in [5, 5.41) is 12.8. The highest BCUT2D eigenvalue weighted by Crippen LogP contribution is 2.34. The molecule has 3 rings (SSSR count). The molecule has 0 spiro atoms. The first-order valence-corrected chi connectivity index (χ1v) is 6.79. The van der Waals surface area contributed by atoms with Gasteiger partial charge in [-0.1, -0.05) is 18.2 Å². The minimum atomic E-state index is -0.702. The Labute approximate surface area is 107 Å². The summed E-state index contributed by atoms with van der Waals surface area (Å²) < 4.78 is 0. The quantitative estimate of drug-likeness (QED) is 0.836. The smallest absolute Gasteiger partial charge is 0.315 e. The number of carboxylic acids is 1. The van der Waals surface area contributed by atoms with Crippen LogP contribution in [0.15, 0.2) is 18.2 Å². The van der Waals surface area contributed by atoms with E-state index in [4.69, 9.17) is 0 Å². The third kappa shape index (κ3) is 1.74. The first-order valence-electron chi connectivity index (χ1n) is 6.79. The second kappa shape index (κ2) is 4.39. The molecule has 1 aliphatic heterocycles. The summed E-state index contributed by atoms with van der Waals surface area (Å²) in [5.74, 6) is -0.691. The molecule has 1 aromatic carbocycles. The van der Waals surface area contributed by atoms with Crippen molar-refractivity contribution < 1.29 is 9.90 Å². The van der Waals surface area contributed by atoms with Crippen molar-refractivity contribution in [3.05, 3.63) is 34.9 Å². The average molecular weight is 245 g/mol. The molecule has 0 bridgehead atoms. The Hall–Kier alpha value is -1.35. The summed E-state index contributed by atoms with van der Waals surface area (Å²) in [7, 11) is 0. The van der Waals surface area contributed by atoms with Gasteiger partial charge in [0.05, 0.1) is 0 Å². The Kier molecular flexibility index (Phi) is 2.86. The summed E-state index contributed by atoms with van der Waals surface area (Å²) in [6, 6.07) is 6.33. The Morgan fingerprint density at radius 1 is 1.22 bits per heavy atom. The maximum atomic E-state index is 11.7. The lowest BCUT2D eigenvalue weighted by molar-refractivity contribution is -0.143. The number of carbonyl (C=O) groups is 1. The monoisotopic (exact) mass is 245 g/mol. The minimum absolute atomic E-state index is 0.557. The van der Waals surface area contributed by atoms with Gasteiger partial charge in [0.15, 0.2) is 0 Å². The number of aryl methyl sites for hydroxylation is 2. The zero-order chi connectivity index (χ0) is 12.6. The van der Waals surface area contributed by atoms with Gasteiger partial charge < -0.3 is 10.4 Å². The molecule has 1 fully saturated rings. The standard InChI is InChI=1S/C15H19NO2/c17-14(18)15(7-8-16-10-15)13-6-5-11-3-1-2-4-12(11)9-13/h5-6,9,16H,1-4,7-8,10H2,(H,17,18). The maximum Gasteiger partial charge on any atom is 0.315 e. The van der Waals surface area contributed by atoms with Crippen molar-refractivity contribution in [3.8, 4) is 0 Å². The Balaban J connectivity index is 2.02. The summed E-state index contributed by atoms with van der Waals surface area (Å²) >= 11 is 0. The van der Waals surface area contributed by atoms with Gasteiger partial charge >= 0.3 is 5.97 Å². The molecule has 96 valence electrons. The van der Waals surface area contributed by atoms with Gasteiger partial charge in [0.1, 0.15) is 5.41 Å². The molecule has 0 aromatic heterocycles. The highest BCUT2D eigenvalue weighted by Gasteiger charge is 2.43. The van der Waals surface area contributed by atoms with E-state index < -0.39 is 11.4 Å². The van der Waals surface area contributed by atoms with E-state index >= 15 is 0 Å². The largest absolute Gasteiger partial charge is 0.481 e. The second-order valence-electron chi connectivity index (χ2n) is 5.50. The van der Waals surface area contributed by atoms with Crippen molar-refractivity contribution in [2.45, 2.75) is 37.5 Å². The molecule has 1 aromatic rings. The highest BCUT2D eigenvalue weighted by molar-refractivity contribution is 5.82. The molecule has 1 heterocycles. The molecular weight excluding hydrogens is 226 g/mol. The predicted molar refractivity (Wildman–Crippen MR) is 69.9 cm³/mol. The van der Waals surface area contributed by atoms with Crippen LogP contribution in [0.1, 0.15) is 36.0 Å². The molecule has 0 amide bonds. The second-order valence-corrected chi connectivity index (χ2v) is 5.50.